The molecule has 0 fully saturated rings. The molecule has 16 heavy (non-hydrogen) atoms. The molecule has 90 valence electrons. The van der Waals surface area contributed by atoms with Gasteiger partial charge in [0.05, 0.1) is 6.61 Å². The molecule has 0 atom stereocenters. The SMILES string of the molecule is CCCOc1ncnc(SC(C)(C)C)c1N. The zero-order chi connectivity index (χ0) is 12.2. The highest BCUT2D eigenvalue weighted by Gasteiger charge is 2.17. The molecule has 0 spiro atoms. The molecular formula is C11H19N3OS. The van der Waals surface area contributed by atoms with E-state index in [2.05, 4.69) is 30.7 Å². The summed E-state index contributed by atoms with van der Waals surface area (Å²) in [4.78, 5) is 8.21. The van der Waals surface area contributed by atoms with Gasteiger partial charge >= 0.3 is 0 Å². The summed E-state index contributed by atoms with van der Waals surface area (Å²) in [5.41, 5.74) is 6.50. The van der Waals surface area contributed by atoms with Gasteiger partial charge in [-0.05, 0) is 6.42 Å². The summed E-state index contributed by atoms with van der Waals surface area (Å²) in [6, 6.07) is 0. The van der Waals surface area contributed by atoms with Gasteiger partial charge in [-0.25, -0.2) is 4.98 Å². The van der Waals surface area contributed by atoms with E-state index in [1.807, 2.05) is 6.92 Å². The van der Waals surface area contributed by atoms with Crippen molar-refractivity contribution in [3.8, 4) is 5.88 Å². The van der Waals surface area contributed by atoms with Crippen LogP contribution in [0.5, 0.6) is 5.88 Å². The lowest BCUT2D eigenvalue weighted by Gasteiger charge is -2.18. The van der Waals surface area contributed by atoms with E-state index in [1.54, 1.807) is 11.8 Å². The summed E-state index contributed by atoms with van der Waals surface area (Å²) in [5.74, 6) is 0.489. The van der Waals surface area contributed by atoms with Gasteiger partial charge in [0.1, 0.15) is 17.0 Å². The second kappa shape index (κ2) is 5.39. The molecule has 0 saturated carbocycles. The Morgan fingerprint density at radius 2 is 2.06 bits per heavy atom. The van der Waals surface area contributed by atoms with Crippen LogP contribution >= 0.6 is 11.8 Å². The highest BCUT2D eigenvalue weighted by molar-refractivity contribution is 8.00. The van der Waals surface area contributed by atoms with Gasteiger partial charge < -0.3 is 10.5 Å². The number of nitrogens with two attached hydrogens (primary N) is 1. The van der Waals surface area contributed by atoms with E-state index in [4.69, 9.17) is 10.5 Å². The van der Waals surface area contributed by atoms with Crippen LogP contribution in [0.25, 0.3) is 0 Å². The Kier molecular flexibility index (Phi) is 4.41. The maximum absolute atomic E-state index is 5.96. The van der Waals surface area contributed by atoms with E-state index >= 15 is 0 Å². The first-order valence-corrected chi connectivity index (χ1v) is 6.18. The molecule has 1 rings (SSSR count). The van der Waals surface area contributed by atoms with Crippen LogP contribution in [-0.2, 0) is 0 Å². The van der Waals surface area contributed by atoms with Crippen LogP contribution in [0.4, 0.5) is 5.69 Å². The van der Waals surface area contributed by atoms with Gasteiger partial charge in [0.2, 0.25) is 5.88 Å². The molecule has 1 aromatic rings. The minimum Gasteiger partial charge on any atom is -0.476 e. The molecule has 2 N–H and O–H groups in total. The molecule has 0 radical (unpaired) electrons. The van der Waals surface area contributed by atoms with Crippen molar-refractivity contribution in [3.05, 3.63) is 6.33 Å². The maximum Gasteiger partial charge on any atom is 0.241 e. The van der Waals surface area contributed by atoms with Crippen LogP contribution in [0.1, 0.15) is 34.1 Å². The molecule has 0 aliphatic rings. The van der Waals surface area contributed by atoms with Crippen molar-refractivity contribution < 1.29 is 4.74 Å². The average molecular weight is 241 g/mol. The monoisotopic (exact) mass is 241 g/mol. The predicted octanol–water partition coefficient (Wildman–Crippen LogP) is 2.74. The van der Waals surface area contributed by atoms with E-state index in [0.717, 1.165) is 11.4 Å². The number of nitrogens with zero attached hydrogens (tertiary/aromatic N) is 2. The van der Waals surface area contributed by atoms with E-state index in [1.165, 1.54) is 6.33 Å². The average Bonchev–Trinajstić information content (AvgIpc) is 2.17. The third-order valence-electron chi connectivity index (χ3n) is 1.66. The Balaban J connectivity index is 2.86. The summed E-state index contributed by atoms with van der Waals surface area (Å²) >= 11 is 1.62. The number of hydrogen-bond acceptors (Lipinski definition) is 5. The molecule has 0 unspecified atom stereocenters. The molecule has 0 aromatic carbocycles. The van der Waals surface area contributed by atoms with Gasteiger partial charge in [0, 0.05) is 4.75 Å². The van der Waals surface area contributed by atoms with Crippen molar-refractivity contribution in [1.82, 2.24) is 9.97 Å². The lowest BCUT2D eigenvalue weighted by Crippen LogP contribution is -2.10. The topological polar surface area (TPSA) is 61.0 Å². The van der Waals surface area contributed by atoms with Crippen LogP contribution in [0, 0.1) is 0 Å². The summed E-state index contributed by atoms with van der Waals surface area (Å²) in [7, 11) is 0. The molecule has 0 bridgehead atoms. The molecule has 0 amide bonds. The normalized spacial score (nSPS) is 11.5. The van der Waals surface area contributed by atoms with Gasteiger partial charge in [0.15, 0.2) is 0 Å². The quantitative estimate of drug-likeness (QED) is 0.648. The number of nitrogen functional groups attached to an aromatic ring is 1. The molecule has 4 nitrogen and oxygen atoms in total. The largest absolute Gasteiger partial charge is 0.476 e. The molecule has 0 saturated heterocycles. The fourth-order valence-electron chi connectivity index (χ4n) is 1.05. The van der Waals surface area contributed by atoms with Crippen molar-refractivity contribution in [2.45, 2.75) is 43.9 Å². The Labute approximate surface area is 101 Å². The summed E-state index contributed by atoms with van der Waals surface area (Å²) < 4.78 is 5.53. The molecule has 0 aliphatic heterocycles. The van der Waals surface area contributed by atoms with E-state index in [9.17, 15) is 0 Å². The van der Waals surface area contributed by atoms with Crippen LogP contribution in [-0.4, -0.2) is 21.3 Å². The summed E-state index contributed by atoms with van der Waals surface area (Å²) in [6.07, 6.45) is 2.43. The number of hydrogen-bond donors (Lipinski definition) is 1. The van der Waals surface area contributed by atoms with Crippen molar-refractivity contribution in [2.75, 3.05) is 12.3 Å². The third kappa shape index (κ3) is 3.89. The van der Waals surface area contributed by atoms with Gasteiger partial charge in [-0.1, -0.05) is 39.5 Å². The molecule has 5 heteroatoms. The minimum absolute atomic E-state index is 0.0739. The van der Waals surface area contributed by atoms with Crippen molar-refractivity contribution in [1.29, 1.82) is 0 Å². The fraction of sp³-hybridized carbons (Fsp3) is 0.636. The number of anilines is 1. The standard InChI is InChI=1S/C11H19N3OS/c1-5-6-15-9-8(12)10(14-7-13-9)16-11(2,3)4/h7H,5-6,12H2,1-4H3. The van der Waals surface area contributed by atoms with Crippen molar-refractivity contribution in [2.24, 2.45) is 0 Å². The number of ether oxygens (including phenoxy) is 1. The van der Waals surface area contributed by atoms with Gasteiger partial charge in [-0.15, -0.1) is 0 Å². The molecule has 1 heterocycles. The molecule has 1 aromatic heterocycles. The lowest BCUT2D eigenvalue weighted by molar-refractivity contribution is 0.305. The summed E-state index contributed by atoms with van der Waals surface area (Å²) in [5, 5.41) is 0.786. The second-order valence-electron chi connectivity index (χ2n) is 4.46. The Morgan fingerprint density at radius 1 is 1.38 bits per heavy atom. The first-order valence-electron chi connectivity index (χ1n) is 5.36. The number of thioether (sulfide) groups is 1. The van der Waals surface area contributed by atoms with Crippen LogP contribution in [0.2, 0.25) is 0 Å². The van der Waals surface area contributed by atoms with E-state index in [0.29, 0.717) is 18.2 Å². The first kappa shape index (κ1) is 13.1. The van der Waals surface area contributed by atoms with Crippen molar-refractivity contribution >= 4 is 17.4 Å². The Morgan fingerprint density at radius 3 is 2.62 bits per heavy atom. The smallest absolute Gasteiger partial charge is 0.241 e. The highest BCUT2D eigenvalue weighted by Crippen LogP contribution is 2.36. The Hall–Kier alpha value is -0.970. The lowest BCUT2D eigenvalue weighted by atomic mass is 10.3. The second-order valence-corrected chi connectivity index (χ2v) is 6.28. The van der Waals surface area contributed by atoms with Crippen LogP contribution in [0.3, 0.4) is 0 Å². The van der Waals surface area contributed by atoms with Crippen LogP contribution < -0.4 is 10.5 Å². The molecule has 0 aliphatic carbocycles. The van der Waals surface area contributed by atoms with Gasteiger partial charge in [-0.2, -0.15) is 4.98 Å². The molecular weight excluding hydrogens is 222 g/mol. The Bertz CT molecular complexity index is 350. The van der Waals surface area contributed by atoms with E-state index in [-0.39, 0.29) is 4.75 Å². The third-order valence-corrected chi connectivity index (χ3v) is 2.79. The zero-order valence-corrected chi connectivity index (χ0v) is 11.1. The van der Waals surface area contributed by atoms with E-state index < -0.39 is 0 Å². The van der Waals surface area contributed by atoms with Gasteiger partial charge in [0.25, 0.3) is 0 Å². The van der Waals surface area contributed by atoms with Crippen LogP contribution in [0.15, 0.2) is 11.4 Å². The number of aromatic nitrogens is 2. The first-order chi connectivity index (χ1) is 7.44. The fourth-order valence-corrected chi connectivity index (χ4v) is 1.93. The van der Waals surface area contributed by atoms with Crippen molar-refractivity contribution in [3.63, 3.8) is 0 Å². The minimum atomic E-state index is 0.0739. The maximum atomic E-state index is 5.96. The predicted molar refractivity (Wildman–Crippen MR) is 67.8 cm³/mol. The number of rotatable bonds is 4. The zero-order valence-electron chi connectivity index (χ0n) is 10.3. The summed E-state index contributed by atoms with van der Waals surface area (Å²) in [6.45, 7) is 9.02. The highest BCUT2D eigenvalue weighted by atomic mass is 32.2. The van der Waals surface area contributed by atoms with Gasteiger partial charge in [-0.3, -0.25) is 0 Å².